The van der Waals surface area contributed by atoms with Gasteiger partial charge in [0.05, 0.1) is 25.9 Å². The highest BCUT2D eigenvalue weighted by Gasteiger charge is 2.57. The number of aliphatic hydroxyl groups excluding tert-OH is 1. The van der Waals surface area contributed by atoms with Gasteiger partial charge in [0.25, 0.3) is 0 Å². The van der Waals surface area contributed by atoms with Crippen LogP contribution < -0.4 is 0 Å². The highest BCUT2D eigenvalue weighted by Crippen LogP contribution is 2.41. The van der Waals surface area contributed by atoms with E-state index in [4.69, 9.17) is 66.3 Å². The Kier molecular flexibility index (Phi) is 28.4. The summed E-state index contributed by atoms with van der Waals surface area (Å²) in [5.74, 6) is -0.189. The molecule has 5 rings (SSSR count). The highest BCUT2D eigenvalue weighted by atomic mass is 16.8. The summed E-state index contributed by atoms with van der Waals surface area (Å²) in [5, 5.41) is 12.5. The number of unbranched alkanes of at least 4 members (excludes halogenated alkanes) is 7. The Morgan fingerprint density at radius 3 is 1.54 bits per heavy atom. The zero-order valence-corrected chi connectivity index (χ0v) is 43.8. The van der Waals surface area contributed by atoms with Gasteiger partial charge in [-0.1, -0.05) is 131 Å². The first kappa shape index (κ1) is 58.5. The van der Waals surface area contributed by atoms with E-state index >= 15 is 0 Å². The van der Waals surface area contributed by atoms with Crippen molar-refractivity contribution in [3.05, 3.63) is 35.9 Å². The first-order valence-corrected chi connectivity index (χ1v) is 27.3. The number of fused-ring (bicyclic) bond motifs is 1. The predicted octanol–water partition coefficient (Wildman–Crippen LogP) is 9.23. The summed E-state index contributed by atoms with van der Waals surface area (Å²) in [5.41, 5.74) is 0.855. The highest BCUT2D eigenvalue weighted by molar-refractivity contribution is 5.17. The molecule has 0 spiro atoms. The van der Waals surface area contributed by atoms with E-state index < -0.39 is 92.3 Å². The number of ether oxygens (including phenoxy) is 14. The summed E-state index contributed by atoms with van der Waals surface area (Å²) < 4.78 is 94.2. The largest absolute Gasteiger partial charge is 0.385 e. The van der Waals surface area contributed by atoms with Crippen molar-refractivity contribution >= 4 is 0 Å². The maximum atomic E-state index is 12.5. The topological polar surface area (TPSA) is 149 Å². The van der Waals surface area contributed by atoms with E-state index in [1.54, 1.807) is 0 Å². The lowest BCUT2D eigenvalue weighted by Gasteiger charge is -2.53. The van der Waals surface area contributed by atoms with Gasteiger partial charge in [-0.05, 0) is 44.9 Å². The van der Waals surface area contributed by atoms with Crippen molar-refractivity contribution < 1.29 is 71.4 Å². The van der Waals surface area contributed by atoms with Crippen LogP contribution in [0.25, 0.3) is 0 Å². The minimum absolute atomic E-state index is 0.175. The molecule has 0 radical (unpaired) electrons. The van der Waals surface area contributed by atoms with Gasteiger partial charge in [0.1, 0.15) is 61.0 Å². The van der Waals surface area contributed by atoms with Crippen LogP contribution in [0.15, 0.2) is 30.3 Å². The van der Waals surface area contributed by atoms with Crippen molar-refractivity contribution in [2.24, 2.45) is 5.92 Å². The predicted molar refractivity (Wildman–Crippen MR) is 262 cm³/mol. The molecule has 4 fully saturated rings. The van der Waals surface area contributed by atoms with Gasteiger partial charge in [-0.3, -0.25) is 0 Å². The normalized spacial score (nSPS) is 33.9. The van der Waals surface area contributed by atoms with Crippen LogP contribution in [0.2, 0.25) is 0 Å². The van der Waals surface area contributed by atoms with Crippen molar-refractivity contribution in [1.82, 2.24) is 0 Å². The Balaban J connectivity index is 1.55. The molecule has 15 heteroatoms. The summed E-state index contributed by atoms with van der Waals surface area (Å²) in [7, 11) is 0. The third-order valence-corrected chi connectivity index (χ3v) is 13.4. The van der Waals surface area contributed by atoms with Gasteiger partial charge < -0.3 is 71.4 Å². The molecule has 1 N–H and O–H groups in total. The summed E-state index contributed by atoms with van der Waals surface area (Å²) in [4.78, 5) is 0. The van der Waals surface area contributed by atoms with Crippen LogP contribution >= 0.6 is 0 Å². The SMILES string of the molecule is CCCCOCC1O[C@@H](OCCCC)C(C)C(OCCCC)[C@@H]1O[C@@H]1OC2COC(c3ccccc3)O[C@H]2C(O[C@@H]2OC(COCCCC)[C@H](OCCCC)C(OCCCC)[C@@H]2O)[C@H]1OCCCC. The molecule has 0 amide bonds. The molecule has 16 atom stereocenters. The second kappa shape index (κ2) is 33.4. The Hall–Kier alpha value is -1.38. The van der Waals surface area contributed by atoms with Crippen molar-refractivity contribution in [1.29, 1.82) is 0 Å². The standard InChI is InChI=1S/C54H94O15/c1-9-16-28-56-35-40-45(59-31-19-12-4)48(60-32-20-13-5)43(55)53(65-40)69-49-47-42(37-63-52(67-47)39-26-24-23-25-27-39)66-54(50(49)61-33-21-14-6)68-46-41(36-57-29-17-10-2)64-51(62-34-22-15-7)38(8)44(46)58-30-18-11-3/h23-27,38,40-55H,9-22,28-37H2,1-8H3/t38?,40?,41?,42?,43-,44?,45-,46+,47+,48?,49?,50+,51+,52?,53-,54-/m0/s1. The maximum absolute atomic E-state index is 12.5. The Morgan fingerprint density at radius 1 is 0.478 bits per heavy atom. The van der Waals surface area contributed by atoms with Crippen LogP contribution in [-0.4, -0.2) is 157 Å². The number of hydrogen-bond acceptors (Lipinski definition) is 15. The van der Waals surface area contributed by atoms with Crippen molar-refractivity contribution in [3.63, 3.8) is 0 Å². The Labute approximate surface area is 415 Å². The molecule has 4 aliphatic heterocycles. The van der Waals surface area contributed by atoms with Gasteiger partial charge in [-0.2, -0.15) is 0 Å². The number of hydrogen-bond donors (Lipinski definition) is 1. The molecule has 0 bridgehead atoms. The summed E-state index contributed by atoms with van der Waals surface area (Å²) >= 11 is 0. The fraction of sp³-hybridized carbons (Fsp3) is 0.889. The second-order valence-electron chi connectivity index (χ2n) is 19.2. The van der Waals surface area contributed by atoms with Crippen molar-refractivity contribution in [2.45, 2.75) is 238 Å². The molecule has 4 saturated heterocycles. The molecule has 8 unspecified atom stereocenters. The lowest BCUT2D eigenvalue weighted by Crippen LogP contribution is -2.68. The summed E-state index contributed by atoms with van der Waals surface area (Å²) in [6.07, 6.45) is 1.46. The third-order valence-electron chi connectivity index (χ3n) is 13.4. The zero-order valence-electron chi connectivity index (χ0n) is 43.8. The van der Waals surface area contributed by atoms with Crippen LogP contribution in [0.4, 0.5) is 0 Å². The summed E-state index contributed by atoms with van der Waals surface area (Å²) in [6, 6.07) is 9.83. The van der Waals surface area contributed by atoms with E-state index in [0.717, 1.165) is 95.5 Å². The van der Waals surface area contributed by atoms with Crippen LogP contribution in [-0.2, 0) is 66.3 Å². The van der Waals surface area contributed by atoms with Crippen LogP contribution in [0, 0.1) is 5.92 Å². The van der Waals surface area contributed by atoms with Gasteiger partial charge in [0.2, 0.25) is 0 Å². The van der Waals surface area contributed by atoms with Crippen LogP contribution in [0.1, 0.15) is 157 Å². The Morgan fingerprint density at radius 2 is 0.957 bits per heavy atom. The van der Waals surface area contributed by atoms with Gasteiger partial charge in [-0.15, -0.1) is 0 Å². The van der Waals surface area contributed by atoms with Crippen LogP contribution in [0.3, 0.4) is 0 Å². The van der Waals surface area contributed by atoms with Gasteiger partial charge in [0, 0.05) is 57.7 Å². The number of aliphatic hydroxyl groups is 1. The molecular formula is C54H94O15. The zero-order chi connectivity index (χ0) is 49.2. The monoisotopic (exact) mass is 983 g/mol. The molecule has 0 saturated carbocycles. The first-order chi connectivity index (χ1) is 33.8. The minimum atomic E-state index is -1.24. The number of rotatable bonds is 35. The Bertz CT molecular complexity index is 1430. The molecule has 15 nitrogen and oxygen atoms in total. The fourth-order valence-corrected chi connectivity index (χ4v) is 9.08. The molecule has 4 aliphatic rings. The smallest absolute Gasteiger partial charge is 0.187 e. The van der Waals surface area contributed by atoms with E-state index in [1.165, 1.54) is 0 Å². The lowest BCUT2D eigenvalue weighted by molar-refractivity contribution is -0.410. The van der Waals surface area contributed by atoms with E-state index in [9.17, 15) is 5.11 Å². The van der Waals surface area contributed by atoms with Crippen molar-refractivity contribution in [3.8, 4) is 0 Å². The van der Waals surface area contributed by atoms with E-state index in [1.807, 2.05) is 30.3 Å². The molecule has 4 heterocycles. The van der Waals surface area contributed by atoms with Gasteiger partial charge >= 0.3 is 0 Å². The molecule has 0 aliphatic carbocycles. The average molecular weight is 983 g/mol. The molecule has 69 heavy (non-hydrogen) atoms. The lowest BCUT2D eigenvalue weighted by atomic mass is 9.91. The van der Waals surface area contributed by atoms with Gasteiger partial charge in [-0.25, -0.2) is 0 Å². The quantitative estimate of drug-likeness (QED) is 0.0644. The van der Waals surface area contributed by atoms with E-state index in [-0.39, 0.29) is 25.7 Å². The molecule has 1 aromatic rings. The summed E-state index contributed by atoms with van der Waals surface area (Å²) in [6.45, 7) is 21.3. The maximum Gasteiger partial charge on any atom is 0.187 e. The molecule has 1 aromatic carbocycles. The van der Waals surface area contributed by atoms with Crippen molar-refractivity contribution in [2.75, 3.05) is 66.1 Å². The first-order valence-electron chi connectivity index (χ1n) is 27.3. The van der Waals surface area contributed by atoms with E-state index in [0.29, 0.717) is 46.2 Å². The minimum Gasteiger partial charge on any atom is -0.385 e. The van der Waals surface area contributed by atoms with Crippen LogP contribution in [0.5, 0.6) is 0 Å². The van der Waals surface area contributed by atoms with E-state index in [2.05, 4.69) is 55.4 Å². The van der Waals surface area contributed by atoms with Gasteiger partial charge in [0.15, 0.2) is 25.2 Å². The molecule has 0 aromatic heterocycles. The molecule has 400 valence electrons. The fourth-order valence-electron chi connectivity index (χ4n) is 9.08. The molecular weight excluding hydrogens is 889 g/mol. The average Bonchev–Trinajstić information content (AvgIpc) is 3.36. The number of benzene rings is 1. The second-order valence-corrected chi connectivity index (χ2v) is 19.2. The third kappa shape index (κ3) is 17.9.